The van der Waals surface area contributed by atoms with Gasteiger partial charge >= 0.3 is 60.6 Å². The minimum absolute atomic E-state index is 0.0818. The van der Waals surface area contributed by atoms with Crippen molar-refractivity contribution >= 4 is 5.97 Å². The van der Waals surface area contributed by atoms with Crippen LogP contribution in [0.5, 0.6) is 0 Å². The Morgan fingerprint density at radius 3 is 1.19 bits per heavy atom. The zero-order valence-corrected chi connectivity index (χ0v) is 16.2. The fourth-order valence-corrected chi connectivity index (χ4v) is 1.42. The van der Waals surface area contributed by atoms with E-state index >= 15 is 0 Å². The number of hydrogen-bond acceptors (Lipinski definition) is 5. The molecule has 0 N–H and O–H groups in total. The van der Waals surface area contributed by atoms with E-state index in [1.807, 2.05) is 4.74 Å². The van der Waals surface area contributed by atoms with E-state index in [1.54, 1.807) is 0 Å². The highest BCUT2D eigenvalue weighted by Crippen LogP contribution is 2.56. The van der Waals surface area contributed by atoms with Gasteiger partial charge in [0.1, 0.15) is 0 Å². The van der Waals surface area contributed by atoms with Gasteiger partial charge in [-0.1, -0.05) is 6.58 Å². The summed E-state index contributed by atoms with van der Waals surface area (Å²) in [5.74, 6) is -18.1. The van der Waals surface area contributed by atoms with E-state index in [1.165, 1.54) is 9.47 Å². The molecule has 5 nitrogen and oxygen atoms in total. The van der Waals surface area contributed by atoms with Crippen LogP contribution in [0.4, 0.5) is 83.4 Å². The van der Waals surface area contributed by atoms with Crippen LogP contribution in [-0.4, -0.2) is 67.2 Å². The van der Waals surface area contributed by atoms with Crippen LogP contribution >= 0.6 is 0 Å². The molecular formula is C13H5F19O5. The zero-order valence-electron chi connectivity index (χ0n) is 16.2. The normalized spacial score (nSPS) is 15.5. The predicted molar refractivity (Wildman–Crippen MR) is 70.0 cm³/mol. The Hall–Kier alpha value is -2.24. The first-order chi connectivity index (χ1) is 15.8. The fraction of sp³-hybridized carbons (Fsp3) is 0.769. The first kappa shape index (κ1) is 34.8. The van der Waals surface area contributed by atoms with Crippen LogP contribution in [0.15, 0.2) is 12.7 Å². The van der Waals surface area contributed by atoms with E-state index < -0.39 is 67.2 Å². The topological polar surface area (TPSA) is 54.0 Å². The lowest BCUT2D eigenvalue weighted by molar-refractivity contribution is -0.569. The van der Waals surface area contributed by atoms with Crippen molar-refractivity contribution < 1.29 is 107 Å². The van der Waals surface area contributed by atoms with Crippen molar-refractivity contribution in [2.75, 3.05) is 6.61 Å². The molecule has 0 aliphatic rings. The molecule has 0 atom stereocenters. The van der Waals surface area contributed by atoms with E-state index in [0.29, 0.717) is 0 Å². The second-order valence-corrected chi connectivity index (χ2v) is 5.99. The van der Waals surface area contributed by atoms with Crippen LogP contribution in [0.1, 0.15) is 0 Å². The van der Waals surface area contributed by atoms with Gasteiger partial charge in [0.2, 0.25) is 0 Å². The van der Waals surface area contributed by atoms with Gasteiger partial charge in [-0.05, 0) is 0 Å². The van der Waals surface area contributed by atoms with Gasteiger partial charge in [-0.15, -0.1) is 0 Å². The van der Waals surface area contributed by atoms with E-state index in [-0.39, 0.29) is 6.08 Å². The van der Waals surface area contributed by atoms with Crippen LogP contribution in [0, 0.1) is 0 Å². The molecule has 0 aliphatic heterocycles. The number of ether oxygens (including phenoxy) is 4. The van der Waals surface area contributed by atoms with Crippen molar-refractivity contribution in [1.82, 2.24) is 0 Å². The summed E-state index contributed by atoms with van der Waals surface area (Å²) in [5.41, 5.74) is 0. The molecule has 24 heteroatoms. The van der Waals surface area contributed by atoms with Crippen molar-refractivity contribution in [3.8, 4) is 0 Å². The van der Waals surface area contributed by atoms with Crippen molar-refractivity contribution in [3.05, 3.63) is 12.7 Å². The molecule has 0 rings (SSSR count). The van der Waals surface area contributed by atoms with Crippen LogP contribution in [-0.2, 0) is 23.7 Å². The quantitative estimate of drug-likeness (QED) is 0.144. The van der Waals surface area contributed by atoms with Crippen molar-refractivity contribution in [3.63, 3.8) is 0 Å². The number of halogens is 19. The Morgan fingerprint density at radius 1 is 0.541 bits per heavy atom. The smallest absolute Gasteiger partial charge is 0.453 e. The third-order valence-electron chi connectivity index (χ3n) is 3.13. The van der Waals surface area contributed by atoms with Gasteiger partial charge in [-0.25, -0.2) is 19.0 Å². The largest absolute Gasteiger partial charge is 0.460 e. The third kappa shape index (κ3) is 7.20. The highest BCUT2D eigenvalue weighted by molar-refractivity contribution is 5.81. The first-order valence-corrected chi connectivity index (χ1v) is 7.81. The molecule has 0 fully saturated rings. The van der Waals surface area contributed by atoms with Crippen LogP contribution in [0.25, 0.3) is 0 Å². The van der Waals surface area contributed by atoms with E-state index in [9.17, 15) is 88.2 Å². The SMILES string of the molecule is C=CC(=O)OCC(F)(F)OC(F)(F)C(F)(F)OC(F)(F)C(F)(F)OC(F)(F)C(F)(F)C(F)(F)C(F)(F)F. The van der Waals surface area contributed by atoms with Gasteiger partial charge in [-0.3, -0.25) is 0 Å². The maximum Gasteiger partial charge on any atom is 0.460 e. The third-order valence-corrected chi connectivity index (χ3v) is 3.13. The van der Waals surface area contributed by atoms with Crippen LogP contribution in [0.2, 0.25) is 0 Å². The maximum atomic E-state index is 13.2. The van der Waals surface area contributed by atoms with Crippen molar-refractivity contribution in [2.24, 2.45) is 0 Å². The van der Waals surface area contributed by atoms with Gasteiger partial charge in [0.15, 0.2) is 6.61 Å². The summed E-state index contributed by atoms with van der Waals surface area (Å²) in [4.78, 5) is 10.5. The van der Waals surface area contributed by atoms with Crippen LogP contribution < -0.4 is 0 Å². The Bertz CT molecular complexity index is 833. The molecule has 0 bridgehead atoms. The molecule has 0 aromatic heterocycles. The Morgan fingerprint density at radius 2 is 0.865 bits per heavy atom. The van der Waals surface area contributed by atoms with E-state index in [4.69, 9.17) is 0 Å². The second-order valence-electron chi connectivity index (χ2n) is 5.99. The summed E-state index contributed by atoms with van der Waals surface area (Å²) in [7, 11) is 0. The molecule has 220 valence electrons. The molecule has 0 radical (unpaired) electrons. The van der Waals surface area contributed by atoms with E-state index in [2.05, 4.69) is 11.3 Å². The number of alkyl halides is 19. The monoisotopic (exact) mass is 602 g/mol. The second kappa shape index (κ2) is 9.81. The number of carbonyl (C=O) groups is 1. The van der Waals surface area contributed by atoms with Crippen molar-refractivity contribution in [2.45, 2.75) is 54.7 Å². The lowest BCUT2D eigenvalue weighted by atomic mass is 10.1. The molecule has 0 spiro atoms. The highest BCUT2D eigenvalue weighted by atomic mass is 19.4. The molecule has 0 saturated carbocycles. The Kier molecular flexibility index (Phi) is 9.22. The van der Waals surface area contributed by atoms with Gasteiger partial charge in [0.25, 0.3) is 0 Å². The Labute approximate surface area is 188 Å². The van der Waals surface area contributed by atoms with E-state index in [0.717, 1.165) is 0 Å². The molecule has 0 unspecified atom stereocenters. The number of carbonyl (C=O) groups excluding carboxylic acids is 1. The van der Waals surface area contributed by atoms with Gasteiger partial charge in [-0.2, -0.15) is 83.4 Å². The lowest BCUT2D eigenvalue weighted by Crippen LogP contribution is -2.65. The average Bonchev–Trinajstić information content (AvgIpc) is 2.62. The number of esters is 1. The maximum absolute atomic E-state index is 13.2. The molecule has 0 saturated heterocycles. The minimum Gasteiger partial charge on any atom is -0.453 e. The highest BCUT2D eigenvalue weighted by Gasteiger charge is 2.85. The fourth-order valence-electron chi connectivity index (χ4n) is 1.42. The predicted octanol–water partition coefficient (Wildman–Crippen LogP) is 6.16. The zero-order chi connectivity index (χ0) is 30.3. The molecule has 0 heterocycles. The molecule has 0 aromatic rings. The van der Waals surface area contributed by atoms with Crippen LogP contribution in [0.3, 0.4) is 0 Å². The molecular weight excluding hydrogens is 597 g/mol. The molecule has 37 heavy (non-hydrogen) atoms. The standard InChI is InChI=1S/C13H5F19O5/c1-2-4(33)34-3-5(14,15)35-10(25,26)11(27,28)37-13(31,32)12(29,30)36-9(23,24)7(18,19)6(16,17)8(20,21)22/h2H,1,3H2. The summed E-state index contributed by atoms with van der Waals surface area (Å²) < 4.78 is 252. The number of rotatable bonds is 13. The first-order valence-electron chi connectivity index (χ1n) is 7.81. The minimum atomic E-state index is -8.20. The average molecular weight is 602 g/mol. The van der Waals surface area contributed by atoms with Gasteiger partial charge in [0, 0.05) is 6.08 Å². The number of hydrogen-bond donors (Lipinski definition) is 0. The summed E-state index contributed by atoms with van der Waals surface area (Å²) in [6.45, 7) is -0.122. The van der Waals surface area contributed by atoms with Crippen molar-refractivity contribution in [1.29, 1.82) is 0 Å². The molecule has 0 aliphatic carbocycles. The summed E-state index contributed by atoms with van der Waals surface area (Å²) >= 11 is 0. The summed E-state index contributed by atoms with van der Waals surface area (Å²) in [6, 6.07) is 0. The summed E-state index contributed by atoms with van der Waals surface area (Å²) in [6.07, 6.45) is -51.9. The lowest BCUT2D eigenvalue weighted by Gasteiger charge is -2.37. The van der Waals surface area contributed by atoms with Gasteiger partial charge in [0.05, 0.1) is 0 Å². The molecule has 0 aromatic carbocycles. The summed E-state index contributed by atoms with van der Waals surface area (Å²) in [5, 5.41) is 0. The van der Waals surface area contributed by atoms with Gasteiger partial charge < -0.3 is 4.74 Å². The Balaban J connectivity index is 6.00. The molecule has 0 amide bonds.